The normalized spacial score (nSPS) is 15.4. The molecule has 0 bridgehead atoms. The third kappa shape index (κ3) is 3.27. The molecule has 0 radical (unpaired) electrons. The summed E-state index contributed by atoms with van der Waals surface area (Å²) >= 11 is 0. The number of nitrogens with one attached hydrogen (secondary N) is 1. The van der Waals surface area contributed by atoms with Gasteiger partial charge in [0, 0.05) is 6.54 Å². The summed E-state index contributed by atoms with van der Waals surface area (Å²) in [5.74, 6) is -0.373. The Hall–Kier alpha value is -2.37. The minimum atomic E-state index is -0.544. The lowest BCUT2D eigenvalue weighted by atomic mass is 9.89. The molecule has 5 nitrogen and oxygen atoms in total. The van der Waals surface area contributed by atoms with E-state index in [-0.39, 0.29) is 17.0 Å². The lowest BCUT2D eigenvalue weighted by Crippen LogP contribution is -2.37. The van der Waals surface area contributed by atoms with Gasteiger partial charge in [0.1, 0.15) is 18.6 Å². The van der Waals surface area contributed by atoms with Crippen molar-refractivity contribution in [1.29, 1.82) is 0 Å². The van der Waals surface area contributed by atoms with Crippen molar-refractivity contribution < 1.29 is 14.0 Å². The summed E-state index contributed by atoms with van der Waals surface area (Å²) in [7, 11) is 1.31. The molecule has 6 heteroatoms. The van der Waals surface area contributed by atoms with Crippen molar-refractivity contribution in [3.63, 3.8) is 0 Å². The number of carbonyl (C=O) groups is 1. The first-order valence-corrected chi connectivity index (χ1v) is 8.28. The number of aromatic nitrogens is 1. The van der Waals surface area contributed by atoms with Crippen molar-refractivity contribution in [2.24, 2.45) is 5.92 Å². The molecular weight excluding hydrogens is 311 g/mol. The first-order chi connectivity index (χ1) is 11.6. The number of carbonyl (C=O) groups excluding carboxylic acids is 1. The average Bonchev–Trinajstić information content (AvgIpc) is 2.61. The van der Waals surface area contributed by atoms with E-state index >= 15 is 0 Å². The number of hydrogen-bond donors (Lipinski definition) is 1. The summed E-state index contributed by atoms with van der Waals surface area (Å²) in [6.45, 7) is 0.595. The van der Waals surface area contributed by atoms with Crippen molar-refractivity contribution in [2.45, 2.75) is 32.1 Å². The fraction of sp³-hybridized carbons (Fsp3) is 0.444. The Bertz CT molecular complexity index is 810. The second kappa shape index (κ2) is 7.03. The lowest BCUT2D eigenvalue weighted by Gasteiger charge is -2.22. The fourth-order valence-electron chi connectivity index (χ4n) is 3.32. The maximum Gasteiger partial charge on any atom is 0.291 e. The van der Waals surface area contributed by atoms with E-state index in [1.54, 1.807) is 6.07 Å². The largest absolute Gasteiger partial charge is 0.413 e. The molecule has 1 saturated carbocycles. The highest BCUT2D eigenvalue weighted by Gasteiger charge is 2.19. The number of hydrogen-bond acceptors (Lipinski definition) is 3. The summed E-state index contributed by atoms with van der Waals surface area (Å²) in [4.78, 5) is 30.0. The van der Waals surface area contributed by atoms with Gasteiger partial charge in [-0.1, -0.05) is 25.3 Å². The molecule has 0 aliphatic heterocycles. The summed E-state index contributed by atoms with van der Waals surface area (Å²) in [6, 6.07) is 5.46. The van der Waals surface area contributed by atoms with E-state index in [0.29, 0.717) is 17.8 Å². The predicted octanol–water partition coefficient (Wildman–Crippen LogP) is 2.51. The maximum absolute atomic E-state index is 13.4. The smallest absolute Gasteiger partial charge is 0.291 e. The molecule has 0 saturated heterocycles. The minimum absolute atomic E-state index is 0.123. The molecule has 1 amide bonds. The van der Waals surface area contributed by atoms with Crippen LogP contribution >= 0.6 is 0 Å². The van der Waals surface area contributed by atoms with Crippen LogP contribution in [0.1, 0.15) is 42.6 Å². The van der Waals surface area contributed by atoms with Crippen LogP contribution in [0, 0.1) is 11.7 Å². The van der Waals surface area contributed by atoms with Gasteiger partial charge in [-0.3, -0.25) is 9.59 Å². The molecular formula is C18H21FN2O3. The highest BCUT2D eigenvalue weighted by Crippen LogP contribution is 2.23. The van der Waals surface area contributed by atoms with Crippen LogP contribution < -0.4 is 15.7 Å². The highest BCUT2D eigenvalue weighted by molar-refractivity contribution is 5.96. The van der Waals surface area contributed by atoms with E-state index in [0.717, 1.165) is 23.6 Å². The SMILES string of the molecule is COn1c(C(=O)NCC2CCCCC2)cc2ccc(F)cc2c1=O. The first-order valence-electron chi connectivity index (χ1n) is 8.28. The number of pyridine rings is 1. The Balaban J connectivity index is 1.88. The molecule has 0 spiro atoms. The molecule has 0 atom stereocenters. The zero-order valence-electron chi connectivity index (χ0n) is 13.7. The van der Waals surface area contributed by atoms with E-state index < -0.39 is 11.4 Å². The van der Waals surface area contributed by atoms with Crippen molar-refractivity contribution in [3.05, 3.63) is 46.1 Å². The van der Waals surface area contributed by atoms with Gasteiger partial charge in [0.15, 0.2) is 0 Å². The average molecular weight is 332 g/mol. The molecule has 1 aromatic heterocycles. The van der Waals surface area contributed by atoms with E-state index in [9.17, 15) is 14.0 Å². The molecule has 1 aliphatic rings. The molecule has 1 aromatic carbocycles. The summed E-state index contributed by atoms with van der Waals surface area (Å²) in [5, 5.41) is 3.59. The number of amides is 1. The Kier molecular flexibility index (Phi) is 4.83. The van der Waals surface area contributed by atoms with E-state index in [1.807, 2.05) is 0 Å². The van der Waals surface area contributed by atoms with Crippen LogP contribution in [0.25, 0.3) is 10.8 Å². The van der Waals surface area contributed by atoms with Crippen molar-refractivity contribution in [1.82, 2.24) is 10.0 Å². The van der Waals surface area contributed by atoms with Crippen LogP contribution in [0.5, 0.6) is 0 Å². The van der Waals surface area contributed by atoms with Crippen LogP contribution in [0.3, 0.4) is 0 Å². The monoisotopic (exact) mass is 332 g/mol. The molecule has 128 valence electrons. The van der Waals surface area contributed by atoms with Crippen LogP contribution in [0.15, 0.2) is 29.1 Å². The topological polar surface area (TPSA) is 60.3 Å². The van der Waals surface area contributed by atoms with Crippen LogP contribution in [-0.4, -0.2) is 24.3 Å². The van der Waals surface area contributed by atoms with Gasteiger partial charge in [-0.15, -0.1) is 4.73 Å². The number of benzene rings is 1. The van der Waals surface area contributed by atoms with Gasteiger partial charge in [-0.2, -0.15) is 0 Å². The molecule has 2 aromatic rings. The summed E-state index contributed by atoms with van der Waals surface area (Å²) < 4.78 is 14.3. The van der Waals surface area contributed by atoms with Gasteiger partial charge in [-0.25, -0.2) is 4.39 Å². The van der Waals surface area contributed by atoms with Gasteiger partial charge < -0.3 is 10.2 Å². The predicted molar refractivity (Wildman–Crippen MR) is 89.6 cm³/mol. The van der Waals surface area contributed by atoms with Crippen LogP contribution in [0.2, 0.25) is 0 Å². The lowest BCUT2D eigenvalue weighted by molar-refractivity contribution is 0.0875. The second-order valence-corrected chi connectivity index (χ2v) is 6.26. The Morgan fingerprint density at radius 1 is 1.29 bits per heavy atom. The first kappa shape index (κ1) is 16.5. The number of rotatable bonds is 4. The molecule has 1 fully saturated rings. The minimum Gasteiger partial charge on any atom is -0.413 e. The second-order valence-electron chi connectivity index (χ2n) is 6.26. The van der Waals surface area contributed by atoms with E-state index in [2.05, 4.69) is 5.32 Å². The zero-order valence-corrected chi connectivity index (χ0v) is 13.7. The third-order valence-electron chi connectivity index (χ3n) is 4.63. The van der Waals surface area contributed by atoms with Gasteiger partial charge in [-0.05, 0) is 42.3 Å². The van der Waals surface area contributed by atoms with Gasteiger partial charge in [0.25, 0.3) is 11.5 Å². The summed E-state index contributed by atoms with van der Waals surface area (Å²) in [5.41, 5.74) is -0.422. The standard InChI is InChI=1S/C18H21FN2O3/c1-24-21-16(17(22)20-11-12-5-3-2-4-6-12)9-13-7-8-14(19)10-15(13)18(21)23/h7-10,12H,2-6,11H2,1H3,(H,20,22). The molecule has 24 heavy (non-hydrogen) atoms. The van der Waals surface area contributed by atoms with Crippen molar-refractivity contribution in [2.75, 3.05) is 13.7 Å². The number of halogens is 1. The van der Waals surface area contributed by atoms with Gasteiger partial charge >= 0.3 is 0 Å². The third-order valence-corrected chi connectivity index (χ3v) is 4.63. The van der Waals surface area contributed by atoms with E-state index in [1.165, 1.54) is 38.5 Å². The van der Waals surface area contributed by atoms with Crippen LogP contribution in [0.4, 0.5) is 4.39 Å². The quantitative estimate of drug-likeness (QED) is 0.936. The Morgan fingerprint density at radius 3 is 2.75 bits per heavy atom. The molecule has 1 heterocycles. The highest BCUT2D eigenvalue weighted by atomic mass is 19.1. The van der Waals surface area contributed by atoms with E-state index in [4.69, 9.17) is 4.84 Å². The number of nitrogens with zero attached hydrogens (tertiary/aromatic N) is 1. The van der Waals surface area contributed by atoms with Crippen LogP contribution in [-0.2, 0) is 0 Å². The molecule has 0 unspecified atom stereocenters. The Labute approximate surface area is 139 Å². The molecule has 3 rings (SSSR count). The molecule has 1 N–H and O–H groups in total. The number of fused-ring (bicyclic) bond motifs is 1. The Morgan fingerprint density at radius 2 is 2.04 bits per heavy atom. The maximum atomic E-state index is 13.4. The zero-order chi connectivity index (χ0) is 17.1. The van der Waals surface area contributed by atoms with Crippen molar-refractivity contribution >= 4 is 16.7 Å². The summed E-state index contributed by atoms with van der Waals surface area (Å²) in [6.07, 6.45) is 5.90. The molecule has 1 aliphatic carbocycles. The van der Waals surface area contributed by atoms with Crippen molar-refractivity contribution in [3.8, 4) is 0 Å². The fourth-order valence-corrected chi connectivity index (χ4v) is 3.32. The van der Waals surface area contributed by atoms with Gasteiger partial charge in [0.05, 0.1) is 5.39 Å². The van der Waals surface area contributed by atoms with Gasteiger partial charge in [0.2, 0.25) is 0 Å².